The lowest BCUT2D eigenvalue weighted by atomic mass is 9.92. The standard InChI is InChI=1S/C23H27NO3/c1-4-26-23(25)15-17-11-12-22-21(14-17)20(10-7-13-24(2)3)19-9-6-5-8-18(19)16-27-22/h5-6,8-12,14H,4,7,13,15-16H2,1-3H3/b20-10-. The molecule has 0 N–H and O–H groups in total. The smallest absolute Gasteiger partial charge is 0.310 e. The third kappa shape index (κ3) is 4.77. The van der Waals surface area contributed by atoms with Gasteiger partial charge in [0.15, 0.2) is 0 Å². The van der Waals surface area contributed by atoms with Crippen LogP contribution in [0.15, 0.2) is 48.5 Å². The highest BCUT2D eigenvalue weighted by atomic mass is 16.5. The van der Waals surface area contributed by atoms with Crippen LogP contribution >= 0.6 is 0 Å². The monoisotopic (exact) mass is 365 g/mol. The van der Waals surface area contributed by atoms with Gasteiger partial charge >= 0.3 is 5.97 Å². The summed E-state index contributed by atoms with van der Waals surface area (Å²) in [4.78, 5) is 14.1. The maximum absolute atomic E-state index is 11.9. The van der Waals surface area contributed by atoms with Crippen LogP contribution in [0.1, 0.15) is 35.6 Å². The topological polar surface area (TPSA) is 38.8 Å². The summed E-state index contributed by atoms with van der Waals surface area (Å²) >= 11 is 0. The van der Waals surface area contributed by atoms with Crippen LogP contribution in [0, 0.1) is 0 Å². The number of hydrogen-bond donors (Lipinski definition) is 0. The molecule has 0 saturated carbocycles. The van der Waals surface area contributed by atoms with Gasteiger partial charge in [0.1, 0.15) is 12.4 Å². The van der Waals surface area contributed by atoms with E-state index in [1.807, 2.05) is 25.1 Å². The highest BCUT2D eigenvalue weighted by Gasteiger charge is 2.19. The van der Waals surface area contributed by atoms with Gasteiger partial charge < -0.3 is 14.4 Å². The van der Waals surface area contributed by atoms with E-state index < -0.39 is 0 Å². The normalized spacial score (nSPS) is 14.3. The van der Waals surface area contributed by atoms with Crippen molar-refractivity contribution in [3.8, 4) is 5.75 Å². The van der Waals surface area contributed by atoms with Gasteiger partial charge in [-0.25, -0.2) is 0 Å². The van der Waals surface area contributed by atoms with Gasteiger partial charge in [0.2, 0.25) is 0 Å². The van der Waals surface area contributed by atoms with E-state index in [4.69, 9.17) is 9.47 Å². The van der Waals surface area contributed by atoms with Crippen molar-refractivity contribution in [2.45, 2.75) is 26.4 Å². The molecule has 4 heteroatoms. The predicted molar refractivity (Wildman–Crippen MR) is 108 cm³/mol. The Hall–Kier alpha value is -2.59. The Morgan fingerprint density at radius 3 is 2.78 bits per heavy atom. The summed E-state index contributed by atoms with van der Waals surface area (Å²) in [7, 11) is 4.15. The van der Waals surface area contributed by atoms with Crippen molar-refractivity contribution in [1.82, 2.24) is 4.90 Å². The fraction of sp³-hybridized carbons (Fsp3) is 0.348. The van der Waals surface area contributed by atoms with Crippen LogP contribution in [0.5, 0.6) is 5.75 Å². The second-order valence-electron chi connectivity index (χ2n) is 6.97. The molecule has 0 spiro atoms. The molecule has 0 aromatic heterocycles. The molecule has 0 fully saturated rings. The molecular formula is C23H27NO3. The Kier molecular flexibility index (Phi) is 6.30. The van der Waals surface area contributed by atoms with Crippen LogP contribution in [0.4, 0.5) is 0 Å². The lowest BCUT2D eigenvalue weighted by molar-refractivity contribution is -0.142. The summed E-state index contributed by atoms with van der Waals surface area (Å²) in [6.07, 6.45) is 3.49. The zero-order chi connectivity index (χ0) is 19.2. The van der Waals surface area contributed by atoms with Crippen molar-refractivity contribution in [2.24, 2.45) is 0 Å². The number of rotatable bonds is 6. The van der Waals surface area contributed by atoms with Gasteiger partial charge in [-0.2, -0.15) is 0 Å². The van der Waals surface area contributed by atoms with Crippen LogP contribution in [0.2, 0.25) is 0 Å². The predicted octanol–water partition coefficient (Wildman–Crippen LogP) is 4.07. The molecule has 2 aromatic rings. The molecule has 0 bridgehead atoms. The maximum atomic E-state index is 11.9. The summed E-state index contributed by atoms with van der Waals surface area (Å²) in [5.41, 5.74) is 5.53. The zero-order valence-electron chi connectivity index (χ0n) is 16.3. The molecule has 0 amide bonds. The Balaban J connectivity index is 2.01. The van der Waals surface area contributed by atoms with E-state index in [0.717, 1.165) is 29.8 Å². The van der Waals surface area contributed by atoms with E-state index in [0.29, 0.717) is 13.2 Å². The average molecular weight is 365 g/mol. The van der Waals surface area contributed by atoms with E-state index >= 15 is 0 Å². The molecular weight excluding hydrogens is 338 g/mol. The molecule has 27 heavy (non-hydrogen) atoms. The second kappa shape index (κ2) is 8.87. The van der Waals surface area contributed by atoms with Gasteiger partial charge in [0.05, 0.1) is 13.0 Å². The van der Waals surface area contributed by atoms with Crippen molar-refractivity contribution >= 4 is 11.5 Å². The van der Waals surface area contributed by atoms with Crippen LogP contribution in [0.25, 0.3) is 5.57 Å². The quantitative estimate of drug-likeness (QED) is 0.724. The van der Waals surface area contributed by atoms with Crippen LogP contribution in [0.3, 0.4) is 0 Å². The summed E-state index contributed by atoms with van der Waals surface area (Å²) in [6.45, 7) is 3.75. The molecule has 4 nitrogen and oxygen atoms in total. The molecule has 1 aliphatic rings. The number of fused-ring (bicyclic) bond motifs is 2. The summed E-state index contributed by atoms with van der Waals surface area (Å²) in [6, 6.07) is 14.3. The van der Waals surface area contributed by atoms with Crippen LogP contribution in [-0.2, 0) is 22.6 Å². The molecule has 0 aliphatic carbocycles. The van der Waals surface area contributed by atoms with E-state index in [9.17, 15) is 4.79 Å². The SMILES string of the molecule is CCOC(=O)Cc1ccc2c(c1)/C(=C\CCN(C)C)c1ccccc1CO2. The Morgan fingerprint density at radius 2 is 2.00 bits per heavy atom. The summed E-state index contributed by atoms with van der Waals surface area (Å²) in [5, 5.41) is 0. The number of carbonyl (C=O) groups excluding carboxylic acids is 1. The minimum absolute atomic E-state index is 0.203. The van der Waals surface area contributed by atoms with Gasteiger partial charge in [0.25, 0.3) is 0 Å². The number of ether oxygens (including phenoxy) is 2. The molecule has 3 rings (SSSR count). The molecule has 1 aliphatic heterocycles. The molecule has 0 radical (unpaired) electrons. The molecule has 0 atom stereocenters. The van der Waals surface area contributed by atoms with E-state index in [1.165, 1.54) is 16.7 Å². The van der Waals surface area contributed by atoms with E-state index in [-0.39, 0.29) is 12.4 Å². The van der Waals surface area contributed by atoms with Crippen molar-refractivity contribution in [3.63, 3.8) is 0 Å². The highest BCUT2D eigenvalue weighted by Crippen LogP contribution is 2.37. The highest BCUT2D eigenvalue weighted by molar-refractivity contribution is 5.85. The fourth-order valence-corrected chi connectivity index (χ4v) is 3.30. The third-order valence-corrected chi connectivity index (χ3v) is 4.60. The number of nitrogens with zero attached hydrogens (tertiary/aromatic N) is 1. The minimum Gasteiger partial charge on any atom is -0.488 e. The average Bonchev–Trinajstić information content (AvgIpc) is 2.79. The van der Waals surface area contributed by atoms with Crippen molar-refractivity contribution in [1.29, 1.82) is 0 Å². The number of hydrogen-bond acceptors (Lipinski definition) is 4. The fourth-order valence-electron chi connectivity index (χ4n) is 3.30. The van der Waals surface area contributed by atoms with Crippen molar-refractivity contribution in [3.05, 3.63) is 70.8 Å². The Bertz CT molecular complexity index is 839. The second-order valence-corrected chi connectivity index (χ2v) is 6.97. The van der Waals surface area contributed by atoms with Gasteiger partial charge in [-0.3, -0.25) is 4.79 Å². The first-order valence-corrected chi connectivity index (χ1v) is 9.43. The lowest BCUT2D eigenvalue weighted by Crippen LogP contribution is -2.12. The molecule has 0 unspecified atom stereocenters. The lowest BCUT2D eigenvalue weighted by Gasteiger charge is -2.13. The number of carbonyl (C=O) groups is 1. The van der Waals surface area contributed by atoms with E-state index in [2.05, 4.69) is 49.3 Å². The van der Waals surface area contributed by atoms with Crippen molar-refractivity contribution in [2.75, 3.05) is 27.2 Å². The van der Waals surface area contributed by atoms with E-state index in [1.54, 1.807) is 0 Å². The van der Waals surface area contributed by atoms with Gasteiger partial charge in [0, 0.05) is 12.1 Å². The zero-order valence-corrected chi connectivity index (χ0v) is 16.3. The summed E-state index contributed by atoms with van der Waals surface area (Å²) < 4.78 is 11.2. The van der Waals surface area contributed by atoms with Gasteiger partial charge in [-0.05, 0) is 61.8 Å². The molecule has 142 valence electrons. The van der Waals surface area contributed by atoms with Gasteiger partial charge in [-0.15, -0.1) is 0 Å². The molecule has 0 saturated heterocycles. The maximum Gasteiger partial charge on any atom is 0.310 e. The third-order valence-electron chi connectivity index (χ3n) is 4.60. The Labute approximate surface area is 161 Å². The van der Waals surface area contributed by atoms with Gasteiger partial charge in [-0.1, -0.05) is 36.4 Å². The summed E-state index contributed by atoms with van der Waals surface area (Å²) in [5.74, 6) is 0.653. The van der Waals surface area contributed by atoms with Crippen LogP contribution in [-0.4, -0.2) is 38.1 Å². The Morgan fingerprint density at radius 1 is 1.19 bits per heavy atom. The molecule has 1 heterocycles. The number of benzene rings is 2. The first kappa shape index (κ1) is 19.2. The first-order chi connectivity index (χ1) is 13.1. The first-order valence-electron chi connectivity index (χ1n) is 9.43. The molecule has 2 aromatic carbocycles. The largest absolute Gasteiger partial charge is 0.488 e. The minimum atomic E-state index is -0.203. The van der Waals surface area contributed by atoms with Crippen molar-refractivity contribution < 1.29 is 14.3 Å². The number of esters is 1. The van der Waals surface area contributed by atoms with Crippen LogP contribution < -0.4 is 4.74 Å².